The van der Waals surface area contributed by atoms with E-state index in [-0.39, 0.29) is 0 Å². The molecule has 124 valence electrons. The van der Waals surface area contributed by atoms with Gasteiger partial charge in [0.25, 0.3) is 0 Å². The molecule has 4 heterocycles. The van der Waals surface area contributed by atoms with Crippen molar-refractivity contribution in [2.24, 2.45) is 0 Å². The van der Waals surface area contributed by atoms with Gasteiger partial charge in [-0.1, -0.05) is 11.2 Å². The molecule has 0 aliphatic carbocycles. The van der Waals surface area contributed by atoms with Crippen molar-refractivity contribution >= 4 is 11.6 Å². The van der Waals surface area contributed by atoms with Crippen LogP contribution in [-0.4, -0.2) is 29.9 Å². The quantitative estimate of drug-likeness (QED) is 0.599. The Morgan fingerprint density at radius 2 is 1.88 bits per heavy atom. The van der Waals surface area contributed by atoms with Gasteiger partial charge in [0.2, 0.25) is 5.95 Å². The van der Waals surface area contributed by atoms with Crippen molar-refractivity contribution < 1.29 is 4.52 Å². The molecule has 0 aliphatic heterocycles. The number of nitrogens with one attached hydrogen (secondary N) is 1. The summed E-state index contributed by atoms with van der Waals surface area (Å²) in [6, 6.07) is 9.26. The lowest BCUT2D eigenvalue weighted by Gasteiger charge is -2.05. The molecule has 4 rings (SSSR count). The highest BCUT2D eigenvalue weighted by atomic mass is 16.5. The fraction of sp³-hybridized carbons (Fsp3) is 0.118. The van der Waals surface area contributed by atoms with Crippen molar-refractivity contribution in [2.45, 2.75) is 13.5 Å². The monoisotopic (exact) mass is 333 g/mol. The van der Waals surface area contributed by atoms with Crippen LogP contribution in [0, 0.1) is 0 Å². The molecule has 8 nitrogen and oxygen atoms in total. The van der Waals surface area contributed by atoms with E-state index in [4.69, 9.17) is 4.52 Å². The third-order valence-electron chi connectivity index (χ3n) is 3.58. The Bertz CT molecular complexity index is 978. The summed E-state index contributed by atoms with van der Waals surface area (Å²) < 4.78 is 6.71. The molecule has 0 radical (unpaired) electrons. The van der Waals surface area contributed by atoms with Gasteiger partial charge >= 0.3 is 0 Å². The Morgan fingerprint density at radius 1 is 1.04 bits per heavy atom. The number of aryl methyl sites for hydroxylation is 1. The lowest BCUT2D eigenvalue weighted by molar-refractivity contribution is 0.422. The zero-order valence-corrected chi connectivity index (χ0v) is 13.5. The van der Waals surface area contributed by atoms with Crippen LogP contribution in [0.1, 0.15) is 6.92 Å². The van der Waals surface area contributed by atoms with Crippen LogP contribution in [0.5, 0.6) is 0 Å². The molecular formula is C17H15N7O. The molecule has 4 aromatic heterocycles. The van der Waals surface area contributed by atoms with E-state index < -0.39 is 0 Å². The molecule has 0 fully saturated rings. The standard InChI is InChI=1S/C17H15N7O/c1-2-24-11-12(10-19-24)20-17-18-8-6-15(22-17)13-4-3-5-14(21-13)16-7-9-25-23-16/h3-11H,2H2,1H3,(H,18,20,22). The molecule has 0 atom stereocenters. The van der Waals surface area contributed by atoms with Crippen LogP contribution in [-0.2, 0) is 6.54 Å². The van der Waals surface area contributed by atoms with Gasteiger partial charge in [0.15, 0.2) is 0 Å². The van der Waals surface area contributed by atoms with Crippen LogP contribution < -0.4 is 5.32 Å². The Labute approximate surface area is 143 Å². The molecule has 0 saturated carbocycles. The highest BCUT2D eigenvalue weighted by Gasteiger charge is 2.08. The number of hydrogen-bond acceptors (Lipinski definition) is 7. The second-order valence-corrected chi connectivity index (χ2v) is 5.27. The minimum atomic E-state index is 0.488. The largest absolute Gasteiger partial charge is 0.364 e. The summed E-state index contributed by atoms with van der Waals surface area (Å²) in [5.74, 6) is 0.488. The Balaban J connectivity index is 1.62. The normalized spacial score (nSPS) is 10.8. The fourth-order valence-electron chi connectivity index (χ4n) is 2.36. The van der Waals surface area contributed by atoms with Gasteiger partial charge in [-0.2, -0.15) is 5.10 Å². The van der Waals surface area contributed by atoms with Gasteiger partial charge in [-0.15, -0.1) is 0 Å². The zero-order chi connectivity index (χ0) is 17.1. The van der Waals surface area contributed by atoms with E-state index in [0.717, 1.165) is 23.6 Å². The van der Waals surface area contributed by atoms with Crippen LogP contribution in [0.25, 0.3) is 22.8 Å². The maximum absolute atomic E-state index is 4.88. The van der Waals surface area contributed by atoms with E-state index in [9.17, 15) is 0 Å². The molecule has 0 spiro atoms. The summed E-state index contributed by atoms with van der Waals surface area (Å²) in [6.45, 7) is 2.84. The predicted molar refractivity (Wildman–Crippen MR) is 91.9 cm³/mol. The molecule has 0 aromatic carbocycles. The molecule has 0 bridgehead atoms. The smallest absolute Gasteiger partial charge is 0.227 e. The maximum atomic E-state index is 4.88. The van der Waals surface area contributed by atoms with Gasteiger partial charge < -0.3 is 9.84 Å². The van der Waals surface area contributed by atoms with Gasteiger partial charge in [-0.05, 0) is 25.1 Å². The third-order valence-corrected chi connectivity index (χ3v) is 3.58. The van der Waals surface area contributed by atoms with Crippen molar-refractivity contribution in [2.75, 3.05) is 5.32 Å². The number of aromatic nitrogens is 6. The SMILES string of the molecule is CCn1cc(Nc2nccc(-c3cccc(-c4ccon4)n3)n2)cn1. The number of hydrogen-bond donors (Lipinski definition) is 1. The summed E-state index contributed by atoms with van der Waals surface area (Å²) >= 11 is 0. The molecule has 0 saturated heterocycles. The summed E-state index contributed by atoms with van der Waals surface area (Å²) in [4.78, 5) is 13.4. The Hall–Kier alpha value is -3.55. The highest BCUT2D eigenvalue weighted by molar-refractivity contribution is 5.62. The first-order valence-corrected chi connectivity index (χ1v) is 7.82. The van der Waals surface area contributed by atoms with Gasteiger partial charge in [0.05, 0.1) is 29.0 Å². The molecule has 1 N–H and O–H groups in total. The summed E-state index contributed by atoms with van der Waals surface area (Å²) in [6.07, 6.45) is 6.86. The van der Waals surface area contributed by atoms with Crippen LogP contribution >= 0.6 is 0 Å². The lowest BCUT2D eigenvalue weighted by Crippen LogP contribution is -1.98. The van der Waals surface area contributed by atoms with Gasteiger partial charge in [-0.25, -0.2) is 15.0 Å². The summed E-state index contributed by atoms with van der Waals surface area (Å²) in [7, 11) is 0. The van der Waals surface area contributed by atoms with E-state index in [1.165, 1.54) is 6.26 Å². The molecular weight excluding hydrogens is 318 g/mol. The Morgan fingerprint density at radius 3 is 2.64 bits per heavy atom. The number of pyridine rings is 1. The van der Waals surface area contributed by atoms with Crippen molar-refractivity contribution in [3.8, 4) is 22.8 Å². The molecule has 25 heavy (non-hydrogen) atoms. The molecule has 8 heteroatoms. The van der Waals surface area contributed by atoms with Crippen LogP contribution in [0.15, 0.2) is 59.7 Å². The first kappa shape index (κ1) is 15.0. The van der Waals surface area contributed by atoms with E-state index in [2.05, 4.69) is 30.5 Å². The van der Waals surface area contributed by atoms with Gasteiger partial charge in [0, 0.05) is 25.0 Å². The topological polar surface area (TPSA) is 94.6 Å². The molecule has 0 aliphatic rings. The average molecular weight is 333 g/mol. The van der Waals surface area contributed by atoms with E-state index in [1.54, 1.807) is 18.5 Å². The van der Waals surface area contributed by atoms with E-state index in [0.29, 0.717) is 17.3 Å². The average Bonchev–Trinajstić information content (AvgIpc) is 3.34. The van der Waals surface area contributed by atoms with Crippen molar-refractivity contribution in [3.05, 3.63) is 55.2 Å². The van der Waals surface area contributed by atoms with E-state index >= 15 is 0 Å². The van der Waals surface area contributed by atoms with Crippen LogP contribution in [0.3, 0.4) is 0 Å². The minimum Gasteiger partial charge on any atom is -0.364 e. The van der Waals surface area contributed by atoms with Gasteiger partial charge in [-0.3, -0.25) is 4.68 Å². The number of rotatable bonds is 5. The van der Waals surface area contributed by atoms with Crippen molar-refractivity contribution in [1.29, 1.82) is 0 Å². The number of anilines is 2. The molecule has 0 amide bonds. The van der Waals surface area contributed by atoms with E-state index in [1.807, 2.05) is 42.1 Å². The Kier molecular flexibility index (Phi) is 3.91. The number of nitrogens with zero attached hydrogens (tertiary/aromatic N) is 6. The highest BCUT2D eigenvalue weighted by Crippen LogP contribution is 2.21. The minimum absolute atomic E-state index is 0.488. The van der Waals surface area contributed by atoms with Crippen molar-refractivity contribution in [3.63, 3.8) is 0 Å². The molecule has 0 unspecified atom stereocenters. The fourth-order valence-corrected chi connectivity index (χ4v) is 2.36. The van der Waals surface area contributed by atoms with Crippen LogP contribution in [0.2, 0.25) is 0 Å². The lowest BCUT2D eigenvalue weighted by atomic mass is 10.2. The second-order valence-electron chi connectivity index (χ2n) is 5.27. The molecule has 4 aromatic rings. The first-order valence-electron chi connectivity index (χ1n) is 7.82. The summed E-state index contributed by atoms with van der Waals surface area (Å²) in [5, 5.41) is 11.3. The van der Waals surface area contributed by atoms with Crippen LogP contribution in [0.4, 0.5) is 11.6 Å². The first-order chi connectivity index (χ1) is 12.3. The third kappa shape index (κ3) is 3.23. The summed E-state index contributed by atoms with van der Waals surface area (Å²) in [5.41, 5.74) is 3.69. The second kappa shape index (κ2) is 6.52. The van der Waals surface area contributed by atoms with Crippen molar-refractivity contribution in [1.82, 2.24) is 29.9 Å². The zero-order valence-electron chi connectivity index (χ0n) is 13.5. The predicted octanol–water partition coefficient (Wildman–Crippen LogP) is 3.15. The maximum Gasteiger partial charge on any atom is 0.227 e. The van der Waals surface area contributed by atoms with Gasteiger partial charge in [0.1, 0.15) is 12.0 Å².